The van der Waals surface area contributed by atoms with Gasteiger partial charge in [-0.2, -0.15) is 0 Å². The summed E-state index contributed by atoms with van der Waals surface area (Å²) in [6.45, 7) is 0. The Morgan fingerprint density at radius 1 is 1.09 bits per heavy atom. The van der Waals surface area contributed by atoms with Crippen molar-refractivity contribution in [2.24, 2.45) is 0 Å². The lowest BCUT2D eigenvalue weighted by Crippen LogP contribution is -2.30. The van der Waals surface area contributed by atoms with Crippen LogP contribution >= 0.6 is 38.9 Å². The van der Waals surface area contributed by atoms with Crippen LogP contribution in [-0.4, -0.2) is 21.8 Å². The minimum atomic E-state index is -0.829. The van der Waals surface area contributed by atoms with E-state index < -0.39 is 23.5 Å². The first-order chi connectivity index (χ1) is 16.4. The summed E-state index contributed by atoms with van der Waals surface area (Å²) in [7, 11) is 0. The number of hydrogen-bond donors (Lipinski definition) is 1. The van der Waals surface area contributed by atoms with Crippen molar-refractivity contribution >= 4 is 72.0 Å². The van der Waals surface area contributed by atoms with Gasteiger partial charge in [-0.25, -0.2) is 4.98 Å². The number of fused-ring (bicyclic) bond motifs is 1. The number of halogens is 2. The molecule has 0 bridgehead atoms. The molecule has 0 saturated heterocycles. The minimum Gasteiger partial charge on any atom is -0.503 e. The smallest absolute Gasteiger partial charge is 0.296 e. The highest BCUT2D eigenvalue weighted by molar-refractivity contribution is 9.10. The Morgan fingerprint density at radius 3 is 2.56 bits per heavy atom. The van der Waals surface area contributed by atoms with Gasteiger partial charge < -0.3 is 5.11 Å². The zero-order valence-corrected chi connectivity index (χ0v) is 20.6. The maximum absolute atomic E-state index is 13.3. The van der Waals surface area contributed by atoms with E-state index in [-0.39, 0.29) is 5.57 Å². The third-order valence-corrected chi connectivity index (χ3v) is 7.21. The van der Waals surface area contributed by atoms with Gasteiger partial charge in [0.15, 0.2) is 16.7 Å². The lowest BCUT2D eigenvalue weighted by atomic mass is 9.96. The van der Waals surface area contributed by atoms with Crippen LogP contribution in [0.15, 0.2) is 94.7 Å². The number of aliphatic hydroxyl groups is 1. The van der Waals surface area contributed by atoms with Crippen molar-refractivity contribution in [3.05, 3.63) is 111 Å². The van der Waals surface area contributed by atoms with E-state index in [1.807, 2.05) is 54.6 Å². The third kappa shape index (κ3) is 4.18. The molecule has 0 aliphatic carbocycles. The summed E-state index contributed by atoms with van der Waals surface area (Å²) in [6.07, 6.45) is 3.04. The lowest BCUT2D eigenvalue weighted by Gasteiger charge is -2.24. The molecule has 1 N–H and O–H groups in total. The number of benzene rings is 3. The third-order valence-electron chi connectivity index (χ3n) is 5.43. The van der Waals surface area contributed by atoms with Crippen LogP contribution in [0.2, 0.25) is 5.02 Å². The number of carbonyl (C=O) groups is 2. The van der Waals surface area contributed by atoms with Gasteiger partial charge in [-0.1, -0.05) is 87.4 Å². The molecule has 1 unspecified atom stereocenters. The van der Waals surface area contributed by atoms with E-state index in [2.05, 4.69) is 20.9 Å². The molecule has 0 radical (unpaired) electrons. The molecule has 5 rings (SSSR count). The number of allylic oxidation sites excluding steroid dienone is 1. The van der Waals surface area contributed by atoms with E-state index in [1.54, 1.807) is 24.3 Å². The van der Waals surface area contributed by atoms with Gasteiger partial charge in [0.05, 0.1) is 21.8 Å². The van der Waals surface area contributed by atoms with E-state index >= 15 is 0 Å². The molecule has 168 valence electrons. The number of aliphatic hydroxyl groups excluding tert-OH is 1. The van der Waals surface area contributed by atoms with E-state index in [4.69, 9.17) is 11.6 Å². The molecule has 0 spiro atoms. The first kappa shape index (κ1) is 22.5. The lowest BCUT2D eigenvalue weighted by molar-refractivity contribution is -0.117. The Bertz CT molecular complexity index is 1480. The number of amides is 1. The number of carbonyl (C=O) groups excluding carboxylic acids is 2. The molecule has 8 heteroatoms. The van der Waals surface area contributed by atoms with Crippen molar-refractivity contribution in [1.29, 1.82) is 0 Å². The first-order valence-electron chi connectivity index (χ1n) is 10.3. The Labute approximate surface area is 212 Å². The van der Waals surface area contributed by atoms with E-state index in [0.29, 0.717) is 21.2 Å². The highest BCUT2D eigenvalue weighted by atomic mass is 79.9. The number of anilines is 1. The minimum absolute atomic E-state index is 0.0109. The van der Waals surface area contributed by atoms with Crippen LogP contribution < -0.4 is 4.90 Å². The van der Waals surface area contributed by atoms with Gasteiger partial charge >= 0.3 is 0 Å². The molecule has 1 aromatic heterocycles. The van der Waals surface area contributed by atoms with Gasteiger partial charge in [0.1, 0.15) is 0 Å². The van der Waals surface area contributed by atoms with Crippen LogP contribution in [-0.2, 0) is 9.59 Å². The van der Waals surface area contributed by atoms with Crippen molar-refractivity contribution in [1.82, 2.24) is 4.98 Å². The molecular formula is C26H16BrClN2O3S. The van der Waals surface area contributed by atoms with Crippen molar-refractivity contribution < 1.29 is 14.7 Å². The van der Waals surface area contributed by atoms with Gasteiger partial charge in [-0.3, -0.25) is 14.5 Å². The largest absolute Gasteiger partial charge is 0.503 e. The highest BCUT2D eigenvalue weighted by Gasteiger charge is 2.45. The van der Waals surface area contributed by atoms with Crippen molar-refractivity contribution in [3.8, 4) is 0 Å². The number of thiazole rings is 1. The summed E-state index contributed by atoms with van der Waals surface area (Å²) in [6, 6.07) is 21.1. The number of ketones is 1. The van der Waals surface area contributed by atoms with Gasteiger partial charge in [-0.05, 0) is 47.5 Å². The van der Waals surface area contributed by atoms with Crippen molar-refractivity contribution in [2.75, 3.05) is 4.90 Å². The average molecular weight is 552 g/mol. The summed E-state index contributed by atoms with van der Waals surface area (Å²) in [4.78, 5) is 32.5. The van der Waals surface area contributed by atoms with Crippen LogP contribution in [0.25, 0.3) is 16.3 Å². The topological polar surface area (TPSA) is 70.5 Å². The van der Waals surface area contributed by atoms with Gasteiger partial charge in [0.2, 0.25) is 0 Å². The molecular weight excluding hydrogens is 536 g/mol. The molecule has 1 amide bonds. The monoisotopic (exact) mass is 550 g/mol. The van der Waals surface area contributed by atoms with Crippen LogP contribution in [0.4, 0.5) is 5.13 Å². The number of rotatable bonds is 5. The molecule has 4 aromatic rings. The number of nitrogens with zero attached hydrogens (tertiary/aromatic N) is 2. The Kier molecular flexibility index (Phi) is 6.08. The predicted molar refractivity (Wildman–Crippen MR) is 139 cm³/mol. The molecule has 1 aliphatic heterocycles. The van der Waals surface area contributed by atoms with Gasteiger partial charge in [-0.15, -0.1) is 0 Å². The number of aromatic nitrogens is 1. The quantitative estimate of drug-likeness (QED) is 0.274. The van der Waals surface area contributed by atoms with Crippen LogP contribution in [0.5, 0.6) is 0 Å². The standard InChI is InChI=1S/C26H16BrClN2O3S/c27-17-9-7-16(8-10-17)23-22(20(31)13-6-15-4-2-1-3-5-15)24(32)25(33)30(23)26-29-19-12-11-18(28)14-21(19)34-26/h1-14,23,32H. The summed E-state index contributed by atoms with van der Waals surface area (Å²) in [5, 5.41) is 11.8. The molecule has 1 aliphatic rings. The molecule has 2 heterocycles. The number of hydrogen-bond acceptors (Lipinski definition) is 5. The fourth-order valence-corrected chi connectivity index (χ4v) is 5.36. The Hall–Kier alpha value is -3.26. The second-order valence-corrected chi connectivity index (χ2v) is 9.97. The maximum atomic E-state index is 13.3. The van der Waals surface area contributed by atoms with Crippen molar-refractivity contribution in [3.63, 3.8) is 0 Å². The second kappa shape index (κ2) is 9.18. The van der Waals surface area contributed by atoms with Gasteiger partial charge in [0, 0.05) is 9.50 Å². The van der Waals surface area contributed by atoms with Crippen LogP contribution in [0, 0.1) is 0 Å². The summed E-state index contributed by atoms with van der Waals surface area (Å²) in [5.74, 6) is -1.70. The van der Waals surface area contributed by atoms with Crippen LogP contribution in [0.3, 0.4) is 0 Å². The summed E-state index contributed by atoms with van der Waals surface area (Å²) in [5.41, 5.74) is 2.20. The van der Waals surface area contributed by atoms with Crippen molar-refractivity contribution in [2.45, 2.75) is 6.04 Å². The fourth-order valence-electron chi connectivity index (χ4n) is 3.83. The fraction of sp³-hybridized carbons (Fsp3) is 0.0385. The van der Waals surface area contributed by atoms with Gasteiger partial charge in [0.25, 0.3) is 5.91 Å². The molecule has 34 heavy (non-hydrogen) atoms. The predicted octanol–water partition coefficient (Wildman–Crippen LogP) is 6.89. The Balaban J connectivity index is 1.60. The van der Waals surface area contributed by atoms with E-state index in [1.165, 1.54) is 22.3 Å². The molecule has 5 nitrogen and oxygen atoms in total. The van der Waals surface area contributed by atoms with E-state index in [0.717, 1.165) is 14.7 Å². The first-order valence-corrected chi connectivity index (χ1v) is 12.3. The molecule has 0 saturated carbocycles. The summed E-state index contributed by atoms with van der Waals surface area (Å²) >= 11 is 10.8. The normalized spacial score (nSPS) is 16.2. The molecule has 1 atom stereocenters. The molecule has 3 aromatic carbocycles. The second-order valence-electron chi connectivity index (χ2n) is 7.61. The molecule has 0 fully saturated rings. The summed E-state index contributed by atoms with van der Waals surface area (Å²) < 4.78 is 1.65. The van der Waals surface area contributed by atoms with Crippen LogP contribution in [0.1, 0.15) is 17.2 Å². The zero-order valence-electron chi connectivity index (χ0n) is 17.5. The SMILES string of the molecule is O=C(C=Cc1ccccc1)C1=C(O)C(=O)N(c2nc3ccc(Cl)cc3s2)C1c1ccc(Br)cc1. The Morgan fingerprint density at radius 2 is 1.82 bits per heavy atom. The zero-order chi connectivity index (χ0) is 23.8. The average Bonchev–Trinajstić information content (AvgIpc) is 3.36. The maximum Gasteiger partial charge on any atom is 0.296 e. The van der Waals surface area contributed by atoms with E-state index in [9.17, 15) is 14.7 Å². The highest BCUT2D eigenvalue weighted by Crippen LogP contribution is 2.44.